The summed E-state index contributed by atoms with van der Waals surface area (Å²) >= 11 is 0. The monoisotopic (exact) mass is 248 g/mol. The Morgan fingerprint density at radius 2 is 2.11 bits per heavy atom. The third-order valence-corrected chi connectivity index (χ3v) is 2.56. The molecule has 0 amide bonds. The first kappa shape index (κ1) is 11.9. The molecule has 92 valence electrons. The fourth-order valence-electron chi connectivity index (χ4n) is 1.63. The summed E-state index contributed by atoms with van der Waals surface area (Å²) in [6, 6.07) is 4.28. The van der Waals surface area contributed by atoms with Gasteiger partial charge in [0, 0.05) is 5.56 Å². The molecule has 0 unspecified atom stereocenters. The van der Waals surface area contributed by atoms with Gasteiger partial charge in [-0.15, -0.1) is 0 Å². The van der Waals surface area contributed by atoms with Crippen LogP contribution in [0.4, 0.5) is 15.9 Å². The highest BCUT2D eigenvalue weighted by Gasteiger charge is 2.23. The van der Waals surface area contributed by atoms with Crippen molar-refractivity contribution in [1.82, 2.24) is 9.97 Å². The Balaban J connectivity index is 2.75. The van der Waals surface area contributed by atoms with Crippen LogP contribution in [0.25, 0.3) is 11.3 Å². The van der Waals surface area contributed by atoms with Crippen molar-refractivity contribution >= 4 is 11.5 Å². The lowest BCUT2D eigenvalue weighted by Crippen LogP contribution is -2.03. The maximum absolute atomic E-state index is 13.5. The maximum Gasteiger partial charge on any atom is 0.337 e. The first-order valence-electron chi connectivity index (χ1n) is 5.02. The van der Waals surface area contributed by atoms with Crippen molar-refractivity contribution in [2.24, 2.45) is 0 Å². The van der Waals surface area contributed by atoms with Crippen molar-refractivity contribution in [3.8, 4) is 11.3 Å². The van der Waals surface area contributed by atoms with Gasteiger partial charge in [-0.05, 0) is 18.6 Å². The van der Waals surface area contributed by atoms with Crippen LogP contribution in [0.5, 0.6) is 0 Å². The van der Waals surface area contributed by atoms with Crippen molar-refractivity contribution in [3.05, 3.63) is 46.0 Å². The van der Waals surface area contributed by atoms with E-state index in [-0.39, 0.29) is 17.1 Å². The lowest BCUT2D eigenvalue weighted by Gasteiger charge is -2.07. The molecule has 7 heteroatoms. The maximum atomic E-state index is 13.5. The summed E-state index contributed by atoms with van der Waals surface area (Å²) in [4.78, 5) is 17.7. The molecule has 0 saturated carbocycles. The quantitative estimate of drug-likeness (QED) is 0.648. The molecule has 2 N–H and O–H groups in total. The molecule has 0 bridgehead atoms. The van der Waals surface area contributed by atoms with Gasteiger partial charge >= 0.3 is 5.69 Å². The Labute approximate surface area is 101 Å². The minimum absolute atomic E-state index is 0.0181. The second-order valence-corrected chi connectivity index (χ2v) is 3.63. The van der Waals surface area contributed by atoms with Crippen molar-refractivity contribution < 1.29 is 9.31 Å². The molecule has 18 heavy (non-hydrogen) atoms. The molecule has 1 aromatic heterocycles. The molecule has 6 nitrogen and oxygen atoms in total. The Kier molecular flexibility index (Phi) is 2.88. The number of aromatic nitrogens is 2. The van der Waals surface area contributed by atoms with E-state index in [0.717, 1.165) is 6.33 Å². The van der Waals surface area contributed by atoms with Crippen LogP contribution in [-0.2, 0) is 0 Å². The topological polar surface area (TPSA) is 94.9 Å². The standard InChI is InChI=1S/C11H9FN4O2/c1-6-7(3-2-4-8(6)12)9-10(16(17)18)11(13)15-5-14-9/h2-5H,1H3,(H2,13,14,15). The highest BCUT2D eigenvalue weighted by Crippen LogP contribution is 2.33. The van der Waals surface area contributed by atoms with Crippen LogP contribution in [0.3, 0.4) is 0 Å². The number of nitrogens with zero attached hydrogens (tertiary/aromatic N) is 3. The molecule has 0 saturated heterocycles. The molecule has 0 aliphatic rings. The summed E-state index contributed by atoms with van der Waals surface area (Å²) in [6.45, 7) is 1.52. The number of nitrogen functional groups attached to an aromatic ring is 1. The Morgan fingerprint density at radius 1 is 1.39 bits per heavy atom. The van der Waals surface area contributed by atoms with Gasteiger partial charge in [0.15, 0.2) is 5.69 Å². The van der Waals surface area contributed by atoms with Gasteiger partial charge in [0.25, 0.3) is 0 Å². The Hall–Kier alpha value is -2.57. The number of halogens is 1. The van der Waals surface area contributed by atoms with E-state index in [4.69, 9.17) is 5.73 Å². The van der Waals surface area contributed by atoms with Crippen molar-refractivity contribution in [1.29, 1.82) is 0 Å². The zero-order chi connectivity index (χ0) is 13.3. The molecule has 2 aromatic rings. The zero-order valence-corrected chi connectivity index (χ0v) is 9.42. The van der Waals surface area contributed by atoms with Crippen LogP contribution in [0.1, 0.15) is 5.56 Å². The molecule has 0 aliphatic heterocycles. The van der Waals surface area contributed by atoms with E-state index >= 15 is 0 Å². The predicted molar refractivity (Wildman–Crippen MR) is 63.2 cm³/mol. The number of benzene rings is 1. The van der Waals surface area contributed by atoms with Gasteiger partial charge in [-0.2, -0.15) is 0 Å². The van der Waals surface area contributed by atoms with Crippen LogP contribution in [-0.4, -0.2) is 14.9 Å². The molecule has 0 radical (unpaired) electrons. The summed E-state index contributed by atoms with van der Waals surface area (Å²) < 4.78 is 13.5. The van der Waals surface area contributed by atoms with Gasteiger partial charge in [-0.25, -0.2) is 14.4 Å². The average Bonchev–Trinajstić information content (AvgIpc) is 2.32. The highest BCUT2D eigenvalue weighted by molar-refractivity contribution is 5.77. The number of hydrogen-bond donors (Lipinski definition) is 1. The van der Waals surface area contributed by atoms with Gasteiger partial charge in [0.1, 0.15) is 12.1 Å². The third-order valence-electron chi connectivity index (χ3n) is 2.56. The molecule has 0 aliphatic carbocycles. The van der Waals surface area contributed by atoms with Gasteiger partial charge in [0.05, 0.1) is 4.92 Å². The molecule has 1 aromatic carbocycles. The second-order valence-electron chi connectivity index (χ2n) is 3.63. The summed E-state index contributed by atoms with van der Waals surface area (Å²) in [7, 11) is 0. The van der Waals surface area contributed by atoms with E-state index in [1.807, 2.05) is 0 Å². The lowest BCUT2D eigenvalue weighted by molar-refractivity contribution is -0.383. The van der Waals surface area contributed by atoms with E-state index in [1.54, 1.807) is 6.07 Å². The van der Waals surface area contributed by atoms with Gasteiger partial charge < -0.3 is 5.73 Å². The second kappa shape index (κ2) is 4.36. The molecular weight excluding hydrogens is 239 g/mol. The fourth-order valence-corrected chi connectivity index (χ4v) is 1.63. The molecular formula is C11H9FN4O2. The lowest BCUT2D eigenvalue weighted by atomic mass is 10.0. The van der Waals surface area contributed by atoms with Crippen LogP contribution < -0.4 is 5.73 Å². The van der Waals surface area contributed by atoms with Crippen molar-refractivity contribution in [2.45, 2.75) is 6.92 Å². The molecule has 2 rings (SSSR count). The summed E-state index contributed by atoms with van der Waals surface area (Å²) in [5.41, 5.74) is 5.67. The number of rotatable bonds is 2. The van der Waals surface area contributed by atoms with Crippen LogP contribution >= 0.6 is 0 Å². The highest BCUT2D eigenvalue weighted by atomic mass is 19.1. The summed E-state index contributed by atoms with van der Waals surface area (Å²) in [5, 5.41) is 11.0. The number of nitro groups is 1. The zero-order valence-electron chi connectivity index (χ0n) is 9.42. The van der Waals surface area contributed by atoms with Crippen LogP contribution in [0.2, 0.25) is 0 Å². The first-order valence-corrected chi connectivity index (χ1v) is 5.02. The molecule has 0 atom stereocenters. The average molecular weight is 248 g/mol. The normalized spacial score (nSPS) is 10.3. The van der Waals surface area contributed by atoms with Crippen LogP contribution in [0, 0.1) is 22.9 Å². The van der Waals surface area contributed by atoms with Crippen molar-refractivity contribution in [2.75, 3.05) is 5.73 Å². The van der Waals surface area contributed by atoms with E-state index in [2.05, 4.69) is 9.97 Å². The van der Waals surface area contributed by atoms with Crippen LogP contribution in [0.15, 0.2) is 24.5 Å². The van der Waals surface area contributed by atoms with E-state index in [9.17, 15) is 14.5 Å². The Bertz CT molecular complexity index is 630. The minimum atomic E-state index is -0.672. The minimum Gasteiger partial charge on any atom is -0.378 e. The van der Waals surface area contributed by atoms with Gasteiger partial charge in [-0.1, -0.05) is 12.1 Å². The fraction of sp³-hybridized carbons (Fsp3) is 0.0909. The largest absolute Gasteiger partial charge is 0.378 e. The molecule has 1 heterocycles. The van der Waals surface area contributed by atoms with Crippen molar-refractivity contribution in [3.63, 3.8) is 0 Å². The van der Waals surface area contributed by atoms with E-state index < -0.39 is 16.4 Å². The van der Waals surface area contributed by atoms with Gasteiger partial charge in [-0.3, -0.25) is 10.1 Å². The third kappa shape index (κ3) is 1.86. The number of anilines is 1. The predicted octanol–water partition coefficient (Wildman–Crippen LogP) is 2.08. The smallest absolute Gasteiger partial charge is 0.337 e. The molecule has 0 fully saturated rings. The molecule has 0 spiro atoms. The number of hydrogen-bond acceptors (Lipinski definition) is 5. The van der Waals surface area contributed by atoms with Gasteiger partial charge in [0.2, 0.25) is 5.82 Å². The summed E-state index contributed by atoms with van der Waals surface area (Å²) in [5.74, 6) is -0.701. The number of nitrogens with two attached hydrogens (primary N) is 1. The summed E-state index contributed by atoms with van der Waals surface area (Å²) in [6.07, 6.45) is 1.11. The van der Waals surface area contributed by atoms with E-state index in [1.165, 1.54) is 19.1 Å². The SMILES string of the molecule is Cc1c(F)cccc1-c1ncnc(N)c1[N+](=O)[O-]. The Morgan fingerprint density at radius 3 is 2.78 bits per heavy atom. The first-order chi connectivity index (χ1) is 8.52. The van der Waals surface area contributed by atoms with E-state index in [0.29, 0.717) is 5.56 Å².